The van der Waals surface area contributed by atoms with Crippen LogP contribution in [0.5, 0.6) is 0 Å². The van der Waals surface area contributed by atoms with E-state index < -0.39 is 77.2 Å². The van der Waals surface area contributed by atoms with E-state index in [9.17, 15) is 56.7 Å². The summed E-state index contributed by atoms with van der Waals surface area (Å²) in [5.41, 5.74) is 1.22. The van der Waals surface area contributed by atoms with Gasteiger partial charge in [-0.25, -0.2) is 10.5 Å². The molecule has 6 N–H and O–H groups in total. The zero-order valence-corrected chi connectivity index (χ0v) is 47.1. The van der Waals surface area contributed by atoms with Crippen LogP contribution >= 0.6 is 24.1 Å². The van der Waals surface area contributed by atoms with Crippen LogP contribution in [0.2, 0.25) is 0 Å². The smallest absolute Gasteiger partial charge is 0.295 e. The number of pyridine rings is 1. The van der Waals surface area contributed by atoms with Gasteiger partial charge in [-0.2, -0.15) is 38.2 Å². The standard InChI is InChI=1S/C49H53N3O19S6/c1-47(2,3)46(53)30-10-15-37(50-28-30)29(11-18-42-49(6,7)45-36-25-32(76(62,63)64)27-41(77(65,66)67)34(36)14-17-39(45)51(42)20-8-22-72-70-68-54)12-19-43-48(4,5)44-35-24-31(75(59,60)61)26-40(73-71-69-55)33(35)13-16-38(44)52(43)21-9-23-74(56,57)58/h10-19,24-28H,8-9,20-23H2,1-7H3,(H5-,54,55,56,57,58,59,60,61,62,63,64,65,66,67)/p+1. The van der Waals surface area contributed by atoms with Crippen LogP contribution < -0.4 is 4.90 Å². The Morgan fingerprint density at radius 3 is 1.97 bits per heavy atom. The lowest BCUT2D eigenvalue weighted by Crippen LogP contribution is -2.28. The van der Waals surface area contributed by atoms with Crippen LogP contribution in [0.1, 0.15) is 88.5 Å². The van der Waals surface area contributed by atoms with E-state index in [0.29, 0.717) is 86.0 Å². The summed E-state index contributed by atoms with van der Waals surface area (Å²) in [5.74, 6) is -0.507. The van der Waals surface area contributed by atoms with Crippen LogP contribution in [0.4, 0.5) is 11.4 Å². The number of Topliss-reactive ketones (excluding diaryl/α,β-unsaturated/α-hetero) is 1. The van der Waals surface area contributed by atoms with Crippen LogP contribution in [0.3, 0.4) is 0 Å². The minimum Gasteiger partial charge on any atom is -0.344 e. The van der Waals surface area contributed by atoms with Gasteiger partial charge in [0, 0.05) is 98.3 Å². The van der Waals surface area contributed by atoms with Crippen molar-refractivity contribution in [3.63, 3.8) is 0 Å². The third-order valence-corrected chi connectivity index (χ3v) is 17.8. The molecule has 77 heavy (non-hydrogen) atoms. The number of ketones is 1. The quantitative estimate of drug-likeness (QED) is 0.00582. The van der Waals surface area contributed by atoms with Gasteiger partial charge in [-0.05, 0) is 103 Å². The third kappa shape index (κ3) is 12.7. The maximum atomic E-state index is 13.4. The van der Waals surface area contributed by atoms with Gasteiger partial charge in [-0.1, -0.05) is 56.8 Å². The molecular formula is C49H54N3O19S6+. The number of hydrogen-bond acceptors (Lipinski definition) is 19. The number of anilines is 1. The zero-order valence-electron chi connectivity index (χ0n) is 42.2. The van der Waals surface area contributed by atoms with Crippen molar-refractivity contribution in [2.45, 2.75) is 91.7 Å². The van der Waals surface area contributed by atoms with Gasteiger partial charge in [-0.15, -0.1) is 8.67 Å². The van der Waals surface area contributed by atoms with E-state index in [1.807, 2.05) is 18.7 Å². The molecule has 5 aromatic rings. The first-order valence-corrected chi connectivity index (χ1v) is 30.7. The van der Waals surface area contributed by atoms with Gasteiger partial charge in [0.15, 0.2) is 11.5 Å². The van der Waals surface area contributed by atoms with E-state index in [4.69, 9.17) is 19.8 Å². The average molecular weight is 1180 g/mol. The molecule has 0 amide bonds. The number of rotatable bonds is 21. The molecule has 0 aliphatic carbocycles. The predicted molar refractivity (Wildman–Crippen MR) is 287 cm³/mol. The normalized spacial score (nSPS) is 16.6. The number of nitrogens with zero attached hydrogens (tertiary/aromatic N) is 3. The second kappa shape index (κ2) is 22.3. The third-order valence-electron chi connectivity index (χ3n) is 13.1. The Kier molecular flexibility index (Phi) is 17.3. The van der Waals surface area contributed by atoms with Crippen molar-refractivity contribution in [2.24, 2.45) is 5.41 Å². The molecule has 0 saturated carbocycles. The van der Waals surface area contributed by atoms with E-state index in [1.165, 1.54) is 18.3 Å². The Bertz CT molecular complexity index is 3790. The van der Waals surface area contributed by atoms with Gasteiger partial charge in [0.05, 0.1) is 38.7 Å². The molecule has 0 radical (unpaired) electrons. The van der Waals surface area contributed by atoms with Crippen molar-refractivity contribution >= 4 is 115 Å². The maximum Gasteiger partial charge on any atom is 0.295 e. The van der Waals surface area contributed by atoms with Gasteiger partial charge in [0.1, 0.15) is 11.4 Å². The van der Waals surface area contributed by atoms with Crippen LogP contribution in [-0.2, 0) is 70.0 Å². The molecule has 0 spiro atoms. The topological polar surface area (TPSA) is 331 Å². The number of carbonyl (C=O) groups is 1. The Hall–Kier alpha value is -4.99. The fourth-order valence-electron chi connectivity index (χ4n) is 9.83. The lowest BCUT2D eigenvalue weighted by Gasteiger charge is -2.27. The zero-order chi connectivity index (χ0) is 56.8. The Morgan fingerprint density at radius 1 is 0.753 bits per heavy atom. The van der Waals surface area contributed by atoms with E-state index in [2.05, 4.69) is 14.4 Å². The first kappa shape index (κ1) is 59.7. The number of carbonyl (C=O) groups excluding carboxylic acids is 1. The van der Waals surface area contributed by atoms with Gasteiger partial charge in [-0.3, -0.25) is 28.0 Å². The van der Waals surface area contributed by atoms with Crippen LogP contribution in [0.15, 0.2) is 116 Å². The van der Waals surface area contributed by atoms with E-state index >= 15 is 0 Å². The van der Waals surface area contributed by atoms with Crippen LogP contribution in [0, 0.1) is 5.41 Å². The molecular weight excluding hydrogens is 1130 g/mol. The Labute approximate surface area is 453 Å². The van der Waals surface area contributed by atoms with Gasteiger partial charge in [0.2, 0.25) is 5.69 Å². The number of allylic oxidation sites excluding steroid dienone is 6. The molecule has 0 unspecified atom stereocenters. The van der Waals surface area contributed by atoms with Crippen LogP contribution in [-0.4, -0.2) is 108 Å². The molecule has 0 bridgehead atoms. The lowest BCUT2D eigenvalue weighted by molar-refractivity contribution is -0.437. The number of fused-ring (bicyclic) bond motifs is 6. The Balaban J connectivity index is 1.48. The molecule has 0 fully saturated rings. The summed E-state index contributed by atoms with van der Waals surface area (Å²) in [5, 5.41) is 26.1. The van der Waals surface area contributed by atoms with Gasteiger partial charge < -0.3 is 4.90 Å². The number of aromatic nitrogens is 1. The molecule has 2 aliphatic rings. The lowest BCUT2D eigenvalue weighted by atomic mass is 9.79. The molecule has 4 aromatic carbocycles. The highest BCUT2D eigenvalue weighted by Crippen LogP contribution is 2.52. The van der Waals surface area contributed by atoms with Crippen molar-refractivity contribution in [3.05, 3.63) is 119 Å². The minimum atomic E-state index is -5.06. The average Bonchev–Trinajstić information content (AvgIpc) is 3.75. The van der Waals surface area contributed by atoms with Crippen LogP contribution in [0.25, 0.3) is 27.1 Å². The highest BCUT2D eigenvalue weighted by molar-refractivity contribution is 7.95. The summed E-state index contributed by atoms with van der Waals surface area (Å²) in [4.78, 5) is 18.1. The van der Waals surface area contributed by atoms with Crippen molar-refractivity contribution in [1.82, 2.24) is 4.98 Å². The summed E-state index contributed by atoms with van der Waals surface area (Å²) in [7, 11) is -19.4. The summed E-state index contributed by atoms with van der Waals surface area (Å²) >= 11 is 1.28. The summed E-state index contributed by atoms with van der Waals surface area (Å²) in [6, 6.07) is 13.8. The SMILES string of the molecule is CC(C)(C)C(=O)c1ccc(C(=C\C=C2\N(CCCSOOO)c3ccc4c(S(=O)(=O)O)cc(S(=O)(=O)O)cc4c3C2(C)C)/C=C/C2=[N+](CCCS(=O)(=O)O)c3ccc4c(SOOO)cc(S(=O)(=O)O)cc4c3C2(C)C)nc1. The van der Waals surface area contributed by atoms with E-state index in [-0.39, 0.29) is 46.7 Å². The largest absolute Gasteiger partial charge is 0.344 e. The molecule has 1 aromatic heterocycles. The van der Waals surface area contributed by atoms with Crippen molar-refractivity contribution in [1.29, 1.82) is 0 Å². The summed E-state index contributed by atoms with van der Waals surface area (Å²) in [6.07, 6.45) is 8.70. The fraction of sp³-hybridized carbons (Fsp3) is 0.327. The molecule has 0 atom stereocenters. The summed E-state index contributed by atoms with van der Waals surface area (Å²) in [6.45, 7) is 12.8. The molecule has 28 heteroatoms. The Morgan fingerprint density at radius 2 is 1.39 bits per heavy atom. The molecule has 414 valence electrons. The highest BCUT2D eigenvalue weighted by Gasteiger charge is 2.46. The van der Waals surface area contributed by atoms with Crippen molar-refractivity contribution < 1.29 is 90.5 Å². The molecule has 22 nitrogen and oxygen atoms in total. The molecule has 3 heterocycles. The van der Waals surface area contributed by atoms with Crippen molar-refractivity contribution in [3.8, 4) is 0 Å². The molecule has 7 rings (SSSR count). The number of hydrogen-bond donors (Lipinski definition) is 6. The number of benzene rings is 4. The summed E-state index contributed by atoms with van der Waals surface area (Å²) < 4.78 is 152. The van der Waals surface area contributed by atoms with E-state index in [0.717, 1.165) is 24.2 Å². The van der Waals surface area contributed by atoms with Gasteiger partial charge in [0.25, 0.3) is 40.5 Å². The molecule has 2 aliphatic heterocycles. The molecule has 0 saturated heterocycles. The first-order chi connectivity index (χ1) is 35.7. The maximum absolute atomic E-state index is 13.4. The monoisotopic (exact) mass is 1180 g/mol. The van der Waals surface area contributed by atoms with Gasteiger partial charge >= 0.3 is 0 Å². The second-order valence-corrected chi connectivity index (χ2v) is 27.3. The van der Waals surface area contributed by atoms with E-state index in [1.54, 1.807) is 93.8 Å². The highest BCUT2D eigenvalue weighted by atomic mass is 32.2. The first-order valence-electron chi connectivity index (χ1n) is 23.1. The fourth-order valence-corrected chi connectivity index (χ4v) is 13.2. The minimum absolute atomic E-state index is 0.00906. The predicted octanol–water partition coefficient (Wildman–Crippen LogP) is 9.22. The second-order valence-electron chi connectivity index (χ2n) is 20.0. The van der Waals surface area contributed by atoms with Crippen molar-refractivity contribution in [2.75, 3.05) is 29.5 Å².